The van der Waals surface area contributed by atoms with Crippen LogP contribution in [-0.4, -0.2) is 32.7 Å². The van der Waals surface area contributed by atoms with Crippen LogP contribution >= 0.6 is 0 Å². The van der Waals surface area contributed by atoms with Gasteiger partial charge in [0.05, 0.1) is 16.6 Å². The van der Waals surface area contributed by atoms with Crippen LogP contribution in [0.15, 0.2) is 18.2 Å². The van der Waals surface area contributed by atoms with Gasteiger partial charge >= 0.3 is 5.97 Å². The molecule has 0 aliphatic heterocycles. The first kappa shape index (κ1) is 14.9. The van der Waals surface area contributed by atoms with E-state index in [2.05, 4.69) is 5.32 Å². The average molecular weight is 268 g/mol. The zero-order valence-electron chi connectivity index (χ0n) is 10.9. The lowest BCUT2D eigenvalue weighted by molar-refractivity contribution is -0.385. The molecule has 0 aliphatic rings. The largest absolute Gasteiger partial charge is 0.477 e. The molecule has 7 heteroatoms. The highest BCUT2D eigenvalue weighted by molar-refractivity contribution is 5.93. The minimum atomic E-state index is -1.35. The van der Waals surface area contributed by atoms with Gasteiger partial charge < -0.3 is 15.5 Å². The first-order valence-corrected chi connectivity index (χ1v) is 5.63. The molecule has 0 radical (unpaired) electrons. The minimum Gasteiger partial charge on any atom is -0.477 e. The summed E-state index contributed by atoms with van der Waals surface area (Å²) in [5.74, 6) is -1.35. The first-order chi connectivity index (χ1) is 8.65. The molecule has 0 spiro atoms. The van der Waals surface area contributed by atoms with Gasteiger partial charge in [-0.05, 0) is 32.9 Å². The topological polar surface area (TPSA) is 113 Å². The molecule has 0 aliphatic carbocycles. The number of carbonyl (C=O) groups is 1. The van der Waals surface area contributed by atoms with Crippen molar-refractivity contribution in [1.29, 1.82) is 0 Å². The summed E-state index contributed by atoms with van der Waals surface area (Å²) in [5.41, 5.74) is -1.18. The Balaban J connectivity index is 3.16. The summed E-state index contributed by atoms with van der Waals surface area (Å²) >= 11 is 0. The predicted octanol–water partition coefficient (Wildman–Crippen LogP) is 1.86. The molecule has 0 bridgehead atoms. The number of nitro groups is 1. The van der Waals surface area contributed by atoms with Crippen molar-refractivity contribution in [3.8, 4) is 0 Å². The number of nitrogens with zero attached hydrogens (tertiary/aromatic N) is 1. The van der Waals surface area contributed by atoms with Crippen molar-refractivity contribution in [2.75, 3.05) is 5.32 Å². The summed E-state index contributed by atoms with van der Waals surface area (Å²) in [5, 5.41) is 32.2. The molecular formula is C12H16N2O5. The zero-order chi connectivity index (χ0) is 14.8. The van der Waals surface area contributed by atoms with Crippen LogP contribution in [0.5, 0.6) is 0 Å². The number of carboxylic acid groups (broad SMARTS) is 1. The normalized spacial score (nSPS) is 12.8. The summed E-state index contributed by atoms with van der Waals surface area (Å²) in [4.78, 5) is 21.0. The fourth-order valence-electron chi connectivity index (χ4n) is 1.42. The van der Waals surface area contributed by atoms with Crippen molar-refractivity contribution < 1.29 is 19.9 Å². The lowest BCUT2D eigenvalue weighted by atomic mass is 9.98. The summed E-state index contributed by atoms with van der Waals surface area (Å²) in [6.07, 6.45) is -0.689. The van der Waals surface area contributed by atoms with Gasteiger partial charge in [-0.15, -0.1) is 0 Å². The molecule has 0 amide bonds. The maximum absolute atomic E-state index is 10.9. The van der Waals surface area contributed by atoms with Gasteiger partial charge in [-0.25, -0.2) is 4.79 Å². The number of carboxylic acids is 1. The van der Waals surface area contributed by atoms with Gasteiger partial charge in [0.1, 0.15) is 5.56 Å². The molecule has 0 fully saturated rings. The Morgan fingerprint density at radius 3 is 2.47 bits per heavy atom. The third-order valence-electron chi connectivity index (χ3n) is 2.94. The molecule has 0 aromatic heterocycles. The maximum atomic E-state index is 10.9. The molecule has 1 aromatic rings. The predicted molar refractivity (Wildman–Crippen MR) is 69.4 cm³/mol. The van der Waals surface area contributed by atoms with E-state index in [9.17, 15) is 20.0 Å². The lowest BCUT2D eigenvalue weighted by Gasteiger charge is -2.30. The van der Waals surface area contributed by atoms with Crippen LogP contribution in [0.2, 0.25) is 0 Å². The number of hydrogen-bond donors (Lipinski definition) is 3. The molecule has 1 aromatic carbocycles. The van der Waals surface area contributed by atoms with E-state index in [1.54, 1.807) is 20.8 Å². The number of rotatable bonds is 5. The van der Waals surface area contributed by atoms with Crippen molar-refractivity contribution in [2.45, 2.75) is 32.4 Å². The number of nitrogens with one attached hydrogen (secondary N) is 1. The fraction of sp³-hybridized carbons (Fsp3) is 0.417. The van der Waals surface area contributed by atoms with Crippen LogP contribution in [0.4, 0.5) is 11.4 Å². The van der Waals surface area contributed by atoms with Crippen LogP contribution in [0.25, 0.3) is 0 Å². The lowest BCUT2D eigenvalue weighted by Crippen LogP contribution is -2.41. The Kier molecular flexibility index (Phi) is 4.10. The number of anilines is 1. The Morgan fingerprint density at radius 1 is 1.47 bits per heavy atom. The highest BCUT2D eigenvalue weighted by atomic mass is 16.6. The third kappa shape index (κ3) is 3.41. The number of aliphatic hydroxyl groups excluding tert-OH is 1. The number of hydrogen-bond acceptors (Lipinski definition) is 5. The van der Waals surface area contributed by atoms with Gasteiger partial charge in [-0.3, -0.25) is 10.1 Å². The summed E-state index contributed by atoms with van der Waals surface area (Å²) < 4.78 is 0. The van der Waals surface area contributed by atoms with Crippen LogP contribution in [0, 0.1) is 10.1 Å². The number of aliphatic hydroxyl groups is 1. The summed E-state index contributed by atoms with van der Waals surface area (Å²) in [7, 11) is 0. The van der Waals surface area contributed by atoms with Crippen molar-refractivity contribution >= 4 is 17.3 Å². The fourth-order valence-corrected chi connectivity index (χ4v) is 1.42. The number of nitro benzene ring substituents is 1. The second-order valence-electron chi connectivity index (χ2n) is 4.82. The molecule has 19 heavy (non-hydrogen) atoms. The van der Waals surface area contributed by atoms with Gasteiger partial charge in [-0.1, -0.05) is 0 Å². The van der Waals surface area contributed by atoms with E-state index in [-0.39, 0.29) is 5.56 Å². The van der Waals surface area contributed by atoms with Crippen LogP contribution < -0.4 is 5.32 Å². The maximum Gasteiger partial charge on any atom is 0.342 e. The van der Waals surface area contributed by atoms with Gasteiger partial charge in [0.2, 0.25) is 0 Å². The van der Waals surface area contributed by atoms with Gasteiger partial charge in [0.25, 0.3) is 5.69 Å². The molecule has 0 heterocycles. The summed E-state index contributed by atoms with van der Waals surface area (Å²) in [6.45, 7) is 5.05. The third-order valence-corrected chi connectivity index (χ3v) is 2.94. The Bertz CT molecular complexity index is 511. The zero-order valence-corrected chi connectivity index (χ0v) is 10.9. The van der Waals surface area contributed by atoms with Crippen LogP contribution in [0.3, 0.4) is 0 Å². The minimum absolute atomic E-state index is 0.370. The van der Waals surface area contributed by atoms with Gasteiger partial charge in [0.15, 0.2) is 0 Å². The highest BCUT2D eigenvalue weighted by Gasteiger charge is 2.26. The number of aromatic carboxylic acids is 1. The van der Waals surface area contributed by atoms with Gasteiger partial charge in [0, 0.05) is 11.8 Å². The van der Waals surface area contributed by atoms with E-state index in [4.69, 9.17) is 5.11 Å². The second-order valence-corrected chi connectivity index (χ2v) is 4.82. The van der Waals surface area contributed by atoms with E-state index in [1.807, 2.05) is 0 Å². The first-order valence-electron chi connectivity index (χ1n) is 5.63. The molecule has 1 unspecified atom stereocenters. The van der Waals surface area contributed by atoms with Crippen molar-refractivity contribution in [3.63, 3.8) is 0 Å². The molecule has 1 rings (SSSR count). The van der Waals surface area contributed by atoms with Crippen molar-refractivity contribution in [2.24, 2.45) is 0 Å². The Labute approximate surface area is 110 Å². The molecule has 0 saturated carbocycles. The van der Waals surface area contributed by atoms with E-state index in [0.29, 0.717) is 5.69 Å². The summed E-state index contributed by atoms with van der Waals surface area (Å²) in [6, 6.07) is 3.75. The van der Waals surface area contributed by atoms with Crippen molar-refractivity contribution in [1.82, 2.24) is 0 Å². The molecule has 7 nitrogen and oxygen atoms in total. The second kappa shape index (κ2) is 5.23. The highest BCUT2D eigenvalue weighted by Crippen LogP contribution is 2.26. The van der Waals surface area contributed by atoms with E-state index in [1.165, 1.54) is 12.1 Å². The SMILES string of the molecule is CC(O)C(C)(C)Nc1ccc(C(=O)O)c([N+](=O)[O-])c1. The van der Waals surface area contributed by atoms with Crippen molar-refractivity contribution in [3.05, 3.63) is 33.9 Å². The molecule has 1 atom stereocenters. The van der Waals surface area contributed by atoms with Crippen LogP contribution in [-0.2, 0) is 0 Å². The van der Waals surface area contributed by atoms with Gasteiger partial charge in [-0.2, -0.15) is 0 Å². The van der Waals surface area contributed by atoms with E-state index >= 15 is 0 Å². The standard InChI is InChI=1S/C12H16N2O5/c1-7(15)12(2,3)13-8-4-5-9(11(16)17)10(6-8)14(18)19/h4-7,13,15H,1-3H3,(H,16,17). The average Bonchev–Trinajstić information content (AvgIpc) is 2.27. The molecular weight excluding hydrogens is 252 g/mol. The Morgan fingerprint density at radius 2 is 2.05 bits per heavy atom. The Hall–Kier alpha value is -2.15. The quantitative estimate of drug-likeness (QED) is 0.555. The van der Waals surface area contributed by atoms with E-state index in [0.717, 1.165) is 6.07 Å². The van der Waals surface area contributed by atoms with E-state index < -0.39 is 28.2 Å². The number of benzene rings is 1. The molecule has 3 N–H and O–H groups in total. The van der Waals surface area contributed by atoms with Crippen LogP contribution in [0.1, 0.15) is 31.1 Å². The smallest absolute Gasteiger partial charge is 0.342 e. The molecule has 0 saturated heterocycles. The monoisotopic (exact) mass is 268 g/mol. The molecule has 104 valence electrons.